The Labute approximate surface area is 156 Å². The molecule has 132 valence electrons. The van der Waals surface area contributed by atoms with E-state index in [0.29, 0.717) is 33.0 Å². The van der Waals surface area contributed by atoms with Gasteiger partial charge in [0.15, 0.2) is 0 Å². The first-order chi connectivity index (χ1) is 13.2. The molecule has 7 heteroatoms. The zero-order chi connectivity index (χ0) is 18.5. The minimum atomic E-state index is -0.400. The number of hydrogen-bond donors (Lipinski definition) is 2. The predicted molar refractivity (Wildman–Crippen MR) is 107 cm³/mol. The van der Waals surface area contributed by atoms with Gasteiger partial charge in [-0.1, -0.05) is 12.1 Å². The molecule has 0 spiro atoms. The summed E-state index contributed by atoms with van der Waals surface area (Å²) in [6, 6.07) is 12.5. The summed E-state index contributed by atoms with van der Waals surface area (Å²) in [5, 5.41) is 8.62. The molecule has 0 aliphatic heterocycles. The molecule has 0 fully saturated rings. The van der Waals surface area contributed by atoms with Gasteiger partial charge in [0.1, 0.15) is 11.6 Å². The third-order valence-electron chi connectivity index (χ3n) is 4.70. The van der Waals surface area contributed by atoms with Crippen molar-refractivity contribution in [3.05, 3.63) is 64.8 Å². The second-order valence-electron chi connectivity index (χ2n) is 6.22. The number of rotatable bonds is 2. The van der Waals surface area contributed by atoms with Gasteiger partial charge in [-0.25, -0.2) is 14.5 Å². The van der Waals surface area contributed by atoms with Gasteiger partial charge < -0.3 is 4.98 Å². The number of fused-ring (bicyclic) bond motifs is 6. The van der Waals surface area contributed by atoms with E-state index in [-0.39, 0.29) is 5.56 Å². The molecular weight excluding hydrogens is 363 g/mol. The van der Waals surface area contributed by atoms with E-state index in [1.54, 1.807) is 24.0 Å². The van der Waals surface area contributed by atoms with Gasteiger partial charge in [-0.05, 0) is 36.6 Å². The predicted octanol–water partition coefficient (Wildman–Crippen LogP) is 4.48. The van der Waals surface area contributed by atoms with Gasteiger partial charge in [0.2, 0.25) is 0 Å². The summed E-state index contributed by atoms with van der Waals surface area (Å²) in [4.78, 5) is 21.7. The van der Waals surface area contributed by atoms with Gasteiger partial charge in [0.05, 0.1) is 22.6 Å². The van der Waals surface area contributed by atoms with Crippen molar-refractivity contribution >= 4 is 44.3 Å². The highest BCUT2D eigenvalue weighted by atomic mass is 32.2. The topological polar surface area (TPSA) is 74.4 Å². The molecule has 5 rings (SSSR count). The van der Waals surface area contributed by atoms with Gasteiger partial charge in [0.25, 0.3) is 5.56 Å². The fourth-order valence-corrected chi connectivity index (χ4v) is 3.84. The molecule has 27 heavy (non-hydrogen) atoms. The Morgan fingerprint density at radius 2 is 1.85 bits per heavy atom. The number of nitrogens with one attached hydrogen (secondary N) is 2. The number of thioether (sulfide) groups is 1. The summed E-state index contributed by atoms with van der Waals surface area (Å²) in [6.45, 7) is 0. The lowest BCUT2D eigenvalue weighted by Gasteiger charge is -2.04. The van der Waals surface area contributed by atoms with Crippen LogP contribution in [0.3, 0.4) is 0 Å². The fraction of sp³-hybridized carbons (Fsp3) is 0.0500. The normalized spacial score (nSPS) is 11.6. The van der Waals surface area contributed by atoms with Crippen LogP contribution in [0.2, 0.25) is 0 Å². The summed E-state index contributed by atoms with van der Waals surface area (Å²) in [5.74, 6) is 0.291. The Bertz CT molecular complexity index is 1390. The van der Waals surface area contributed by atoms with E-state index in [1.165, 1.54) is 12.1 Å². The van der Waals surface area contributed by atoms with Crippen LogP contribution in [0, 0.1) is 5.82 Å². The molecule has 0 aliphatic carbocycles. The molecular formula is C20H13FN4OS. The third kappa shape index (κ3) is 2.43. The van der Waals surface area contributed by atoms with E-state index >= 15 is 0 Å². The number of H-pyrrole nitrogens is 2. The summed E-state index contributed by atoms with van der Waals surface area (Å²) >= 11 is 1.67. The second kappa shape index (κ2) is 5.92. The van der Waals surface area contributed by atoms with Crippen molar-refractivity contribution in [2.75, 3.05) is 6.26 Å². The number of aromatic amines is 2. The quantitative estimate of drug-likeness (QED) is 0.352. The van der Waals surface area contributed by atoms with E-state index in [0.717, 1.165) is 15.8 Å². The minimum absolute atomic E-state index is 0.356. The maximum atomic E-state index is 13.9. The van der Waals surface area contributed by atoms with E-state index in [2.05, 4.69) is 15.2 Å². The number of hydrogen-bond acceptors (Lipinski definition) is 4. The van der Waals surface area contributed by atoms with Crippen LogP contribution in [-0.4, -0.2) is 26.4 Å². The highest BCUT2D eigenvalue weighted by Crippen LogP contribution is 2.34. The zero-order valence-corrected chi connectivity index (χ0v) is 15.0. The van der Waals surface area contributed by atoms with Crippen LogP contribution in [0.1, 0.15) is 0 Å². The highest BCUT2D eigenvalue weighted by molar-refractivity contribution is 7.98. The molecule has 0 amide bonds. The molecule has 5 nitrogen and oxygen atoms in total. The summed E-state index contributed by atoms with van der Waals surface area (Å²) in [6.07, 6.45) is 3.60. The smallest absolute Gasteiger partial charge is 0.272 e. The Kier molecular flexibility index (Phi) is 3.51. The summed E-state index contributed by atoms with van der Waals surface area (Å²) < 4.78 is 13.9. The Morgan fingerprint density at radius 3 is 2.63 bits per heavy atom. The van der Waals surface area contributed by atoms with Crippen molar-refractivity contribution in [3.63, 3.8) is 0 Å². The first-order valence-corrected chi connectivity index (χ1v) is 9.51. The molecule has 5 aromatic rings. The number of imidazole rings is 1. The average Bonchev–Trinajstić information content (AvgIpc) is 3.13. The molecule has 0 aliphatic rings. The molecule has 3 aromatic carbocycles. The van der Waals surface area contributed by atoms with Gasteiger partial charge in [0, 0.05) is 26.6 Å². The number of halogens is 1. The Morgan fingerprint density at radius 1 is 1.04 bits per heavy atom. The van der Waals surface area contributed by atoms with Crippen molar-refractivity contribution in [3.8, 4) is 11.4 Å². The summed E-state index contributed by atoms with van der Waals surface area (Å²) in [5.41, 5.74) is 1.98. The van der Waals surface area contributed by atoms with Crippen LogP contribution in [0.5, 0.6) is 0 Å². The molecule has 2 aromatic heterocycles. The van der Waals surface area contributed by atoms with Crippen molar-refractivity contribution in [1.29, 1.82) is 0 Å². The molecule has 0 unspecified atom stereocenters. The molecule has 2 heterocycles. The first-order valence-electron chi connectivity index (χ1n) is 8.28. The molecule has 0 saturated heterocycles. The summed E-state index contributed by atoms with van der Waals surface area (Å²) in [7, 11) is 0. The van der Waals surface area contributed by atoms with Crippen LogP contribution in [0.15, 0.2) is 58.4 Å². The first kappa shape index (κ1) is 16.0. The molecule has 0 saturated carbocycles. The van der Waals surface area contributed by atoms with E-state index in [1.807, 2.05) is 30.5 Å². The lowest BCUT2D eigenvalue weighted by Crippen LogP contribution is -2.08. The molecule has 0 bridgehead atoms. The van der Waals surface area contributed by atoms with Crippen LogP contribution in [0.25, 0.3) is 44.0 Å². The standard InChI is InChI=1S/C20H13FN4OS/c1-27-12-5-2-10(3-6-12)19-23-17-13-7-4-11(21)8-14(13)16-15(18(17)24-19)9-22-25-20(16)26/h2-9H,1H3,(H,23,24)(H,25,26). The molecule has 0 radical (unpaired) electrons. The zero-order valence-electron chi connectivity index (χ0n) is 14.2. The molecule has 2 N–H and O–H groups in total. The molecule has 0 atom stereocenters. The van der Waals surface area contributed by atoms with Crippen LogP contribution < -0.4 is 5.56 Å². The maximum Gasteiger partial charge on any atom is 0.272 e. The van der Waals surface area contributed by atoms with E-state index in [9.17, 15) is 9.18 Å². The van der Waals surface area contributed by atoms with Gasteiger partial charge in [-0.15, -0.1) is 11.8 Å². The van der Waals surface area contributed by atoms with Gasteiger partial charge in [-0.3, -0.25) is 4.79 Å². The SMILES string of the molecule is CSc1ccc(-c2nc3c4ccc(F)cc4c4c(=O)[nH]ncc4c3[nH]2)cc1. The van der Waals surface area contributed by atoms with Crippen LogP contribution in [-0.2, 0) is 0 Å². The lowest BCUT2D eigenvalue weighted by atomic mass is 10.0. The van der Waals surface area contributed by atoms with Crippen molar-refractivity contribution in [2.24, 2.45) is 0 Å². The maximum absolute atomic E-state index is 13.9. The fourth-order valence-electron chi connectivity index (χ4n) is 3.43. The third-order valence-corrected chi connectivity index (χ3v) is 5.44. The minimum Gasteiger partial charge on any atom is -0.337 e. The van der Waals surface area contributed by atoms with Crippen molar-refractivity contribution in [2.45, 2.75) is 4.90 Å². The van der Waals surface area contributed by atoms with E-state index in [4.69, 9.17) is 4.98 Å². The van der Waals surface area contributed by atoms with Crippen LogP contribution in [0.4, 0.5) is 4.39 Å². The van der Waals surface area contributed by atoms with Gasteiger partial charge >= 0.3 is 0 Å². The highest BCUT2D eigenvalue weighted by Gasteiger charge is 2.16. The average molecular weight is 376 g/mol. The second-order valence-corrected chi connectivity index (χ2v) is 7.09. The number of benzene rings is 3. The number of nitrogens with zero attached hydrogens (tertiary/aromatic N) is 2. The van der Waals surface area contributed by atoms with Gasteiger partial charge in [-0.2, -0.15) is 5.10 Å². The largest absolute Gasteiger partial charge is 0.337 e. The van der Waals surface area contributed by atoms with E-state index < -0.39 is 5.82 Å². The van der Waals surface area contributed by atoms with Crippen molar-refractivity contribution < 1.29 is 4.39 Å². The van der Waals surface area contributed by atoms with Crippen molar-refractivity contribution in [1.82, 2.24) is 20.2 Å². The Balaban J connectivity index is 1.91. The lowest BCUT2D eigenvalue weighted by molar-refractivity contribution is 0.630. The monoisotopic (exact) mass is 376 g/mol. The number of aromatic nitrogens is 4. The van der Waals surface area contributed by atoms with Crippen LogP contribution >= 0.6 is 11.8 Å². The Hall–Kier alpha value is -3.19.